The molecule has 5 rings (SSSR count). The minimum absolute atomic E-state index is 0.0442. The number of benzene rings is 1. The standard InChI is InChI=1S/C32H45NO5S/c1-6-29(4)16-25(38-26(36)18-39-23-9-7-8-22(14-23)17-33-12-13-34)30(5)20(2)15-32-19-31(28(30)32,11-10-24(32)35)21(3)27(29)37/h6-9,14,20-21,25,27-28,33-34,37H,1,10-13,15-19H2,2-5H3/t20?,21-,25+,27-,28?,29+,30-,31?,32?/m0/s1. The minimum atomic E-state index is -0.612. The highest BCUT2D eigenvalue weighted by Gasteiger charge is 2.81. The van der Waals surface area contributed by atoms with Gasteiger partial charge in [0.15, 0.2) is 0 Å². The van der Waals surface area contributed by atoms with E-state index in [1.54, 1.807) is 0 Å². The molecule has 0 amide bonds. The van der Waals surface area contributed by atoms with E-state index in [4.69, 9.17) is 9.84 Å². The van der Waals surface area contributed by atoms with Gasteiger partial charge in [-0.25, -0.2) is 0 Å². The van der Waals surface area contributed by atoms with Crippen molar-refractivity contribution >= 4 is 23.5 Å². The number of carbonyl (C=O) groups is 2. The van der Waals surface area contributed by atoms with Gasteiger partial charge in [-0.1, -0.05) is 45.9 Å². The maximum absolute atomic E-state index is 13.4. The largest absolute Gasteiger partial charge is 0.461 e. The van der Waals surface area contributed by atoms with Crippen molar-refractivity contribution in [3.05, 3.63) is 42.5 Å². The van der Waals surface area contributed by atoms with E-state index in [-0.39, 0.29) is 52.3 Å². The molecular weight excluding hydrogens is 510 g/mol. The molecule has 4 aliphatic carbocycles. The van der Waals surface area contributed by atoms with Crippen LogP contribution in [0.2, 0.25) is 0 Å². The van der Waals surface area contributed by atoms with Gasteiger partial charge in [-0.3, -0.25) is 9.59 Å². The number of aliphatic hydroxyl groups excluding tert-OH is 2. The van der Waals surface area contributed by atoms with Gasteiger partial charge < -0.3 is 20.3 Å². The monoisotopic (exact) mass is 555 g/mol. The van der Waals surface area contributed by atoms with E-state index >= 15 is 0 Å². The van der Waals surface area contributed by atoms with Crippen molar-refractivity contribution in [2.45, 2.75) is 83.4 Å². The van der Waals surface area contributed by atoms with E-state index < -0.39 is 17.6 Å². The number of carbonyl (C=O) groups excluding carboxylic acids is 2. The number of ether oxygens (including phenoxy) is 1. The highest BCUT2D eigenvalue weighted by molar-refractivity contribution is 8.00. The smallest absolute Gasteiger partial charge is 0.316 e. The van der Waals surface area contributed by atoms with E-state index in [2.05, 4.69) is 38.7 Å². The van der Waals surface area contributed by atoms with Crippen LogP contribution in [0.4, 0.5) is 0 Å². The zero-order valence-electron chi connectivity index (χ0n) is 23.9. The second kappa shape index (κ2) is 10.3. The normalized spacial score (nSPS) is 42.6. The van der Waals surface area contributed by atoms with E-state index in [1.165, 1.54) is 11.8 Å². The fraction of sp³-hybridized carbons (Fsp3) is 0.688. The van der Waals surface area contributed by atoms with Crippen LogP contribution in [0.3, 0.4) is 0 Å². The van der Waals surface area contributed by atoms with Gasteiger partial charge in [-0.05, 0) is 66.5 Å². The third-order valence-corrected chi connectivity index (χ3v) is 12.5. The summed E-state index contributed by atoms with van der Waals surface area (Å²) < 4.78 is 6.42. The van der Waals surface area contributed by atoms with Crippen LogP contribution in [0.25, 0.3) is 0 Å². The molecule has 4 aliphatic rings. The summed E-state index contributed by atoms with van der Waals surface area (Å²) in [5, 5.41) is 23.9. The number of esters is 1. The Morgan fingerprint density at radius 1 is 1.28 bits per heavy atom. The molecule has 7 heteroatoms. The van der Waals surface area contributed by atoms with Gasteiger partial charge >= 0.3 is 5.97 Å². The maximum Gasteiger partial charge on any atom is 0.316 e. The van der Waals surface area contributed by atoms with Crippen LogP contribution < -0.4 is 5.32 Å². The Morgan fingerprint density at radius 3 is 2.77 bits per heavy atom. The number of nitrogens with one attached hydrogen (secondary N) is 1. The number of hydrogen-bond donors (Lipinski definition) is 3. The number of Topliss-reactive ketones (excluding diaryl/α,β-unsaturated/α-hetero) is 1. The summed E-state index contributed by atoms with van der Waals surface area (Å²) in [4.78, 5) is 27.8. The summed E-state index contributed by atoms with van der Waals surface area (Å²) in [6.07, 6.45) is 4.46. The van der Waals surface area contributed by atoms with Crippen LogP contribution >= 0.6 is 11.8 Å². The summed E-state index contributed by atoms with van der Waals surface area (Å²) in [5.41, 5.74) is -0.284. The molecule has 1 aromatic rings. The number of ketones is 1. The number of rotatable bonds is 9. The van der Waals surface area contributed by atoms with E-state index in [0.717, 1.165) is 29.7 Å². The summed E-state index contributed by atoms with van der Waals surface area (Å²) >= 11 is 1.46. The van der Waals surface area contributed by atoms with Crippen LogP contribution in [-0.4, -0.2) is 53.1 Å². The number of aliphatic hydroxyl groups is 2. The lowest BCUT2D eigenvalue weighted by Crippen LogP contribution is -2.71. The zero-order valence-corrected chi connectivity index (χ0v) is 24.7. The lowest BCUT2D eigenvalue weighted by Gasteiger charge is -2.71. The SMILES string of the molecule is C=C[C@]1(C)C[C@@H](OC(=O)CSc2cccc(CNCCO)c2)[C@]2(C)C(C)CC34CC(CCC3=O)(C42)[C@@H](C)[C@@H]1O. The molecule has 4 unspecified atom stereocenters. The molecule has 0 heterocycles. The molecule has 0 saturated heterocycles. The summed E-state index contributed by atoms with van der Waals surface area (Å²) in [6.45, 7) is 14.1. The molecule has 0 aliphatic heterocycles. The highest BCUT2D eigenvalue weighted by atomic mass is 32.2. The predicted octanol–water partition coefficient (Wildman–Crippen LogP) is 4.77. The minimum Gasteiger partial charge on any atom is -0.461 e. The van der Waals surface area contributed by atoms with Gasteiger partial charge in [0, 0.05) is 40.7 Å². The molecular formula is C32H45NO5S. The molecule has 4 saturated carbocycles. The van der Waals surface area contributed by atoms with Crippen molar-refractivity contribution in [3.8, 4) is 0 Å². The van der Waals surface area contributed by atoms with Gasteiger partial charge in [-0.2, -0.15) is 0 Å². The van der Waals surface area contributed by atoms with Gasteiger partial charge in [0.25, 0.3) is 0 Å². The second-order valence-corrected chi connectivity index (χ2v) is 14.4. The van der Waals surface area contributed by atoms with Gasteiger partial charge in [0.2, 0.25) is 0 Å². The zero-order chi connectivity index (χ0) is 28.2. The van der Waals surface area contributed by atoms with Crippen molar-refractivity contribution < 1.29 is 24.5 Å². The molecule has 9 atom stereocenters. The molecule has 6 nitrogen and oxygen atoms in total. The highest BCUT2D eigenvalue weighted by Crippen LogP contribution is 2.82. The van der Waals surface area contributed by atoms with E-state index in [0.29, 0.717) is 31.7 Å². The van der Waals surface area contributed by atoms with Crippen molar-refractivity contribution in [1.82, 2.24) is 5.32 Å². The fourth-order valence-electron chi connectivity index (χ4n) is 9.41. The third-order valence-electron chi connectivity index (χ3n) is 11.5. The van der Waals surface area contributed by atoms with E-state index in [9.17, 15) is 14.7 Å². The fourth-order valence-corrected chi connectivity index (χ4v) is 10.2. The third kappa shape index (κ3) is 4.34. The van der Waals surface area contributed by atoms with Crippen LogP contribution in [0.5, 0.6) is 0 Å². The maximum atomic E-state index is 13.4. The Labute approximate surface area is 237 Å². The van der Waals surface area contributed by atoms with Crippen LogP contribution in [0.1, 0.15) is 65.4 Å². The molecule has 0 aromatic heterocycles. The van der Waals surface area contributed by atoms with Gasteiger partial charge in [0.05, 0.1) is 18.5 Å². The molecule has 1 aromatic carbocycles. The van der Waals surface area contributed by atoms with Crippen LogP contribution in [-0.2, 0) is 20.9 Å². The Bertz CT molecular complexity index is 1140. The topological polar surface area (TPSA) is 95.9 Å². The summed E-state index contributed by atoms with van der Waals surface area (Å²) in [5.74, 6) is 0.716. The predicted molar refractivity (Wildman–Crippen MR) is 153 cm³/mol. The Hall–Kier alpha value is -1.67. The van der Waals surface area contributed by atoms with Crippen molar-refractivity contribution in [2.24, 2.45) is 39.4 Å². The molecule has 214 valence electrons. The van der Waals surface area contributed by atoms with Gasteiger partial charge in [-0.15, -0.1) is 18.3 Å². The van der Waals surface area contributed by atoms with Crippen molar-refractivity contribution in [3.63, 3.8) is 0 Å². The Morgan fingerprint density at radius 2 is 2.05 bits per heavy atom. The molecule has 0 radical (unpaired) electrons. The molecule has 4 fully saturated rings. The quantitative estimate of drug-likeness (QED) is 0.175. The molecule has 2 bridgehead atoms. The number of thioether (sulfide) groups is 1. The summed E-state index contributed by atoms with van der Waals surface area (Å²) in [7, 11) is 0. The van der Waals surface area contributed by atoms with Gasteiger partial charge in [0.1, 0.15) is 11.9 Å². The first-order valence-electron chi connectivity index (χ1n) is 14.5. The average molecular weight is 556 g/mol. The first kappa shape index (κ1) is 28.8. The Balaban J connectivity index is 1.39. The van der Waals surface area contributed by atoms with E-state index in [1.807, 2.05) is 31.2 Å². The molecule has 3 N–H and O–H groups in total. The second-order valence-electron chi connectivity index (χ2n) is 13.4. The lowest BCUT2D eigenvalue weighted by molar-refractivity contribution is -0.257. The average Bonchev–Trinajstić information content (AvgIpc) is 3.10. The Kier molecular flexibility index (Phi) is 7.62. The van der Waals surface area contributed by atoms with Crippen LogP contribution in [0, 0.1) is 39.4 Å². The molecule has 2 spiro atoms. The lowest BCUT2D eigenvalue weighted by atomic mass is 9.32. The number of hydrogen-bond acceptors (Lipinski definition) is 7. The first-order valence-corrected chi connectivity index (χ1v) is 15.5. The first-order chi connectivity index (χ1) is 18.5. The van der Waals surface area contributed by atoms with Crippen molar-refractivity contribution in [1.29, 1.82) is 0 Å². The summed E-state index contributed by atoms with van der Waals surface area (Å²) in [6, 6.07) is 8.04. The van der Waals surface area contributed by atoms with Crippen LogP contribution in [0.15, 0.2) is 41.8 Å². The molecule has 39 heavy (non-hydrogen) atoms. The van der Waals surface area contributed by atoms with Crippen molar-refractivity contribution in [2.75, 3.05) is 18.9 Å².